The average Bonchev–Trinajstić information content (AvgIpc) is 2.78. The molecule has 2 rings (SSSR count). The van der Waals surface area contributed by atoms with Gasteiger partial charge in [-0.15, -0.1) is 11.3 Å². The number of hydrogen-bond acceptors (Lipinski definition) is 3. The summed E-state index contributed by atoms with van der Waals surface area (Å²) in [5, 5.41) is 8.81. The van der Waals surface area contributed by atoms with Crippen LogP contribution < -0.4 is 0 Å². The monoisotopic (exact) mass is 280 g/mol. The molecule has 0 bridgehead atoms. The van der Waals surface area contributed by atoms with Gasteiger partial charge in [-0.1, -0.05) is 17.7 Å². The fourth-order valence-corrected chi connectivity index (χ4v) is 3.63. The van der Waals surface area contributed by atoms with E-state index in [1.807, 2.05) is 31.2 Å². The number of benzene rings is 1. The first-order valence-electron chi connectivity index (χ1n) is 5.33. The topological polar surface area (TPSA) is 54.4 Å². The van der Waals surface area contributed by atoms with E-state index in [9.17, 15) is 9.00 Å². The van der Waals surface area contributed by atoms with Crippen molar-refractivity contribution in [1.82, 2.24) is 0 Å². The van der Waals surface area contributed by atoms with Crippen molar-refractivity contribution in [2.24, 2.45) is 0 Å². The summed E-state index contributed by atoms with van der Waals surface area (Å²) in [5.74, 6) is -0.576. The summed E-state index contributed by atoms with van der Waals surface area (Å²) >= 11 is 1.17. The maximum absolute atomic E-state index is 12.1. The van der Waals surface area contributed by atoms with E-state index in [-0.39, 0.29) is 4.88 Å². The highest BCUT2D eigenvalue weighted by molar-refractivity contribution is 7.84. The Morgan fingerprint density at radius 2 is 1.89 bits per heavy atom. The van der Waals surface area contributed by atoms with Crippen LogP contribution >= 0.6 is 11.3 Å². The van der Waals surface area contributed by atoms with Crippen LogP contribution in [0.4, 0.5) is 0 Å². The van der Waals surface area contributed by atoms with Gasteiger partial charge in [0, 0.05) is 9.77 Å². The first-order valence-corrected chi connectivity index (χ1v) is 7.47. The molecule has 0 aliphatic rings. The molecular formula is C13H12O3S2. The lowest BCUT2D eigenvalue weighted by molar-refractivity contribution is 0.0702. The third-order valence-corrected chi connectivity index (χ3v) is 5.06. The van der Waals surface area contributed by atoms with Gasteiger partial charge in [0.15, 0.2) is 0 Å². The quantitative estimate of drug-likeness (QED) is 0.936. The lowest BCUT2D eigenvalue weighted by Gasteiger charge is -2.01. The Morgan fingerprint density at radius 1 is 1.22 bits per heavy atom. The van der Waals surface area contributed by atoms with E-state index in [2.05, 4.69) is 0 Å². The van der Waals surface area contributed by atoms with E-state index >= 15 is 0 Å². The minimum Gasteiger partial charge on any atom is -0.477 e. The first kappa shape index (κ1) is 13.0. The normalized spacial score (nSPS) is 12.3. The average molecular weight is 280 g/mol. The molecule has 0 fully saturated rings. The van der Waals surface area contributed by atoms with Crippen molar-refractivity contribution in [1.29, 1.82) is 0 Å². The van der Waals surface area contributed by atoms with Gasteiger partial charge in [0.2, 0.25) is 0 Å². The van der Waals surface area contributed by atoms with Crippen LogP contribution in [0.5, 0.6) is 0 Å². The summed E-state index contributed by atoms with van der Waals surface area (Å²) < 4.78 is 12.1. The van der Waals surface area contributed by atoms with Crippen molar-refractivity contribution in [3.63, 3.8) is 0 Å². The molecule has 0 saturated heterocycles. The van der Waals surface area contributed by atoms with Gasteiger partial charge in [-0.2, -0.15) is 0 Å². The third kappa shape index (κ3) is 3.05. The van der Waals surface area contributed by atoms with Crippen LogP contribution in [-0.2, 0) is 16.6 Å². The van der Waals surface area contributed by atoms with E-state index in [4.69, 9.17) is 5.11 Å². The molecule has 0 aliphatic carbocycles. The summed E-state index contributed by atoms with van der Waals surface area (Å²) in [6.07, 6.45) is 0. The van der Waals surface area contributed by atoms with Crippen LogP contribution in [0.3, 0.4) is 0 Å². The molecule has 3 nitrogen and oxygen atoms in total. The van der Waals surface area contributed by atoms with E-state index in [0.717, 1.165) is 15.3 Å². The first-order chi connectivity index (χ1) is 8.56. The summed E-state index contributed by atoms with van der Waals surface area (Å²) in [5.41, 5.74) is 1.13. The molecule has 1 N–H and O–H groups in total. The SMILES string of the molecule is Cc1ccc(S(=O)Cc2ccc(C(=O)O)s2)cc1. The zero-order chi connectivity index (χ0) is 13.1. The summed E-state index contributed by atoms with van der Waals surface area (Å²) in [6, 6.07) is 10.8. The lowest BCUT2D eigenvalue weighted by atomic mass is 10.2. The number of carbonyl (C=O) groups is 1. The number of carboxylic acid groups (broad SMARTS) is 1. The Bertz CT molecular complexity index is 585. The molecule has 1 atom stereocenters. The molecule has 5 heteroatoms. The number of thiophene rings is 1. The fourth-order valence-electron chi connectivity index (χ4n) is 1.47. The number of aromatic carboxylic acids is 1. The van der Waals surface area contributed by atoms with Gasteiger partial charge in [-0.3, -0.25) is 4.21 Å². The number of rotatable bonds is 4. The molecule has 94 valence electrons. The van der Waals surface area contributed by atoms with Crippen LogP contribution in [0.25, 0.3) is 0 Å². The molecule has 0 saturated carbocycles. The van der Waals surface area contributed by atoms with Crippen molar-refractivity contribution in [2.45, 2.75) is 17.6 Å². The highest BCUT2D eigenvalue weighted by atomic mass is 32.2. The van der Waals surface area contributed by atoms with Crippen molar-refractivity contribution >= 4 is 28.1 Å². The molecule has 1 heterocycles. The van der Waals surface area contributed by atoms with Crippen molar-refractivity contribution in [2.75, 3.05) is 0 Å². The van der Waals surface area contributed by atoms with Crippen LogP contribution in [-0.4, -0.2) is 15.3 Å². The van der Waals surface area contributed by atoms with Gasteiger partial charge in [0.1, 0.15) is 4.88 Å². The Balaban J connectivity index is 2.11. The fraction of sp³-hybridized carbons (Fsp3) is 0.154. The Hall–Kier alpha value is -1.46. The number of carboxylic acids is 1. The molecule has 0 radical (unpaired) electrons. The van der Waals surface area contributed by atoms with Gasteiger partial charge in [0.05, 0.1) is 16.6 Å². The number of aryl methyl sites for hydroxylation is 1. The molecule has 0 amide bonds. The van der Waals surface area contributed by atoms with E-state index in [1.165, 1.54) is 11.3 Å². The van der Waals surface area contributed by atoms with Crippen molar-refractivity contribution in [3.05, 3.63) is 51.7 Å². The molecule has 2 aromatic rings. The van der Waals surface area contributed by atoms with Crippen LogP contribution in [0.1, 0.15) is 20.1 Å². The second kappa shape index (κ2) is 5.46. The Morgan fingerprint density at radius 3 is 2.44 bits per heavy atom. The minimum atomic E-state index is -1.13. The zero-order valence-electron chi connectivity index (χ0n) is 9.75. The second-order valence-corrected chi connectivity index (χ2v) is 6.49. The molecule has 18 heavy (non-hydrogen) atoms. The summed E-state index contributed by atoms with van der Waals surface area (Å²) in [4.78, 5) is 12.6. The molecule has 0 aliphatic heterocycles. The maximum Gasteiger partial charge on any atom is 0.345 e. The predicted molar refractivity (Wildman–Crippen MR) is 72.6 cm³/mol. The van der Waals surface area contributed by atoms with Gasteiger partial charge in [-0.05, 0) is 31.2 Å². The summed E-state index contributed by atoms with van der Waals surface area (Å²) in [6.45, 7) is 1.98. The van der Waals surface area contributed by atoms with Gasteiger partial charge in [-0.25, -0.2) is 4.79 Å². The second-order valence-electron chi connectivity index (χ2n) is 3.87. The van der Waals surface area contributed by atoms with Crippen LogP contribution in [0, 0.1) is 6.92 Å². The smallest absolute Gasteiger partial charge is 0.345 e. The third-order valence-electron chi connectivity index (χ3n) is 2.43. The standard InChI is InChI=1S/C13H12O3S2/c1-9-2-5-11(6-3-9)18(16)8-10-4-7-12(17-10)13(14)15/h2-7H,8H2,1H3,(H,14,15). The number of hydrogen-bond donors (Lipinski definition) is 1. The predicted octanol–water partition coefficient (Wildman–Crippen LogP) is 3.06. The molecule has 1 aromatic heterocycles. The Labute approximate surface area is 112 Å². The summed E-state index contributed by atoms with van der Waals surface area (Å²) in [7, 11) is -1.13. The van der Waals surface area contributed by atoms with Gasteiger partial charge < -0.3 is 5.11 Å². The molecular weight excluding hydrogens is 268 g/mol. The van der Waals surface area contributed by atoms with Crippen LogP contribution in [0.2, 0.25) is 0 Å². The minimum absolute atomic E-state index is 0.283. The highest BCUT2D eigenvalue weighted by Gasteiger charge is 2.10. The van der Waals surface area contributed by atoms with Crippen LogP contribution in [0.15, 0.2) is 41.3 Å². The highest BCUT2D eigenvalue weighted by Crippen LogP contribution is 2.20. The zero-order valence-corrected chi connectivity index (χ0v) is 11.4. The van der Waals surface area contributed by atoms with Crippen molar-refractivity contribution < 1.29 is 14.1 Å². The van der Waals surface area contributed by atoms with Crippen molar-refractivity contribution in [3.8, 4) is 0 Å². The Kier molecular flexibility index (Phi) is 3.93. The largest absolute Gasteiger partial charge is 0.477 e. The van der Waals surface area contributed by atoms with Gasteiger partial charge >= 0.3 is 5.97 Å². The molecule has 1 unspecified atom stereocenters. The van der Waals surface area contributed by atoms with E-state index < -0.39 is 16.8 Å². The van der Waals surface area contributed by atoms with E-state index in [0.29, 0.717) is 5.75 Å². The molecule has 0 spiro atoms. The molecule has 1 aromatic carbocycles. The lowest BCUT2D eigenvalue weighted by Crippen LogP contribution is -1.94. The van der Waals surface area contributed by atoms with E-state index in [1.54, 1.807) is 12.1 Å². The maximum atomic E-state index is 12.1. The van der Waals surface area contributed by atoms with Gasteiger partial charge in [0.25, 0.3) is 0 Å².